The van der Waals surface area contributed by atoms with Gasteiger partial charge in [-0.05, 0) is 25.0 Å². The van der Waals surface area contributed by atoms with Crippen LogP contribution in [0, 0.1) is 0 Å². The van der Waals surface area contributed by atoms with Gasteiger partial charge in [-0.15, -0.1) is 0 Å². The molecule has 4 nitrogen and oxygen atoms in total. The Kier molecular flexibility index (Phi) is 7.12. The molecule has 0 heterocycles. The minimum atomic E-state index is -3.42. The molecule has 6 heteroatoms. The molecule has 0 saturated heterocycles. The van der Waals surface area contributed by atoms with Crippen LogP contribution in [0.4, 0.5) is 0 Å². The molecule has 0 bridgehead atoms. The van der Waals surface area contributed by atoms with E-state index in [4.69, 9.17) is 13.6 Å². The van der Waals surface area contributed by atoms with Crippen molar-refractivity contribution in [2.24, 2.45) is 0 Å². The topological polar surface area (TPSA) is 44.8 Å². The molecular weight excluding hydrogens is 319 g/mol. The first-order chi connectivity index (χ1) is 8.63. The average molecular weight is 337 g/mol. The molecule has 0 unspecified atom stereocenters. The van der Waals surface area contributed by atoms with Crippen molar-refractivity contribution < 1.29 is 18.1 Å². The Bertz CT molecular complexity index is 401. The van der Waals surface area contributed by atoms with Crippen molar-refractivity contribution in [2.45, 2.75) is 25.8 Å². The van der Waals surface area contributed by atoms with Crippen LogP contribution in [0.25, 0.3) is 0 Å². The number of phosphoric acid groups is 1. The van der Waals surface area contributed by atoms with Gasteiger partial charge in [0, 0.05) is 5.33 Å². The van der Waals surface area contributed by atoms with Gasteiger partial charge in [0.2, 0.25) is 0 Å². The van der Waals surface area contributed by atoms with E-state index in [1.807, 2.05) is 24.3 Å². The third kappa shape index (κ3) is 5.21. The van der Waals surface area contributed by atoms with Crippen molar-refractivity contribution in [3.8, 4) is 0 Å². The van der Waals surface area contributed by atoms with Gasteiger partial charge in [-0.25, -0.2) is 4.57 Å². The van der Waals surface area contributed by atoms with Crippen molar-refractivity contribution in [2.75, 3.05) is 13.2 Å². The zero-order valence-corrected chi connectivity index (χ0v) is 13.1. The molecule has 1 aromatic carbocycles. The molecule has 0 aliphatic heterocycles. The number of alkyl halides is 1. The highest BCUT2D eigenvalue weighted by atomic mass is 79.9. The van der Waals surface area contributed by atoms with Gasteiger partial charge >= 0.3 is 7.82 Å². The second-order valence-corrected chi connectivity index (χ2v) is 5.74. The van der Waals surface area contributed by atoms with Crippen molar-refractivity contribution >= 4 is 23.8 Å². The molecule has 0 atom stereocenters. The summed E-state index contributed by atoms with van der Waals surface area (Å²) in [4.78, 5) is 0. The molecule has 0 spiro atoms. The van der Waals surface area contributed by atoms with E-state index in [0.717, 1.165) is 16.5 Å². The maximum atomic E-state index is 12.1. The van der Waals surface area contributed by atoms with Crippen molar-refractivity contribution in [1.82, 2.24) is 0 Å². The number of hydrogen-bond donors (Lipinski definition) is 0. The predicted molar refractivity (Wildman–Crippen MR) is 74.7 cm³/mol. The van der Waals surface area contributed by atoms with Crippen LogP contribution in [0.1, 0.15) is 25.0 Å². The summed E-state index contributed by atoms with van der Waals surface area (Å²) in [5, 5.41) is 0.773. The van der Waals surface area contributed by atoms with Gasteiger partial charge in [0.1, 0.15) is 0 Å². The van der Waals surface area contributed by atoms with E-state index >= 15 is 0 Å². The smallest absolute Gasteiger partial charge is 0.287 e. The lowest BCUT2D eigenvalue weighted by Crippen LogP contribution is -2.00. The van der Waals surface area contributed by atoms with Gasteiger partial charge in [-0.3, -0.25) is 13.6 Å². The molecule has 0 aliphatic carbocycles. The van der Waals surface area contributed by atoms with Crippen LogP contribution >= 0.6 is 23.8 Å². The van der Waals surface area contributed by atoms with E-state index in [1.165, 1.54) is 0 Å². The van der Waals surface area contributed by atoms with Crippen LogP contribution in [0.15, 0.2) is 24.3 Å². The molecule has 0 saturated carbocycles. The molecule has 102 valence electrons. The second kappa shape index (κ2) is 8.08. The quantitative estimate of drug-likeness (QED) is 0.525. The normalized spacial score (nSPS) is 11.7. The van der Waals surface area contributed by atoms with Crippen LogP contribution in [-0.2, 0) is 30.1 Å². The SMILES string of the molecule is CCOP(=O)(OCC)OCc1cccc(CBr)c1. The molecule has 0 N–H and O–H groups in total. The minimum absolute atomic E-state index is 0.206. The van der Waals surface area contributed by atoms with Gasteiger partial charge in [-0.1, -0.05) is 40.2 Å². The molecule has 0 radical (unpaired) electrons. The molecular formula is C12H18BrO4P. The minimum Gasteiger partial charge on any atom is -0.287 e. The highest BCUT2D eigenvalue weighted by Gasteiger charge is 2.25. The summed E-state index contributed by atoms with van der Waals surface area (Å²) in [5.74, 6) is 0. The third-order valence-electron chi connectivity index (χ3n) is 2.11. The number of benzene rings is 1. The van der Waals surface area contributed by atoms with E-state index in [2.05, 4.69) is 15.9 Å². The maximum Gasteiger partial charge on any atom is 0.475 e. The number of phosphoric ester groups is 1. The zero-order valence-electron chi connectivity index (χ0n) is 10.6. The summed E-state index contributed by atoms with van der Waals surface area (Å²) in [7, 11) is -3.42. The van der Waals surface area contributed by atoms with Gasteiger partial charge < -0.3 is 0 Å². The summed E-state index contributed by atoms with van der Waals surface area (Å²) < 4.78 is 27.5. The molecule has 0 aliphatic rings. The fourth-order valence-corrected chi connectivity index (χ4v) is 2.90. The maximum absolute atomic E-state index is 12.1. The van der Waals surface area contributed by atoms with Crippen molar-refractivity contribution in [3.63, 3.8) is 0 Å². The van der Waals surface area contributed by atoms with Gasteiger partial charge in [0.05, 0.1) is 19.8 Å². The van der Waals surface area contributed by atoms with Crippen LogP contribution in [0.5, 0.6) is 0 Å². The summed E-state index contributed by atoms with van der Waals surface area (Å²) in [5.41, 5.74) is 2.07. The fraction of sp³-hybridized carbons (Fsp3) is 0.500. The lowest BCUT2D eigenvalue weighted by Gasteiger charge is -2.16. The molecule has 0 fully saturated rings. The largest absolute Gasteiger partial charge is 0.475 e. The van der Waals surface area contributed by atoms with Crippen LogP contribution in [0.3, 0.4) is 0 Å². The summed E-state index contributed by atoms with van der Waals surface area (Å²) in [6.07, 6.45) is 0. The van der Waals surface area contributed by atoms with Crippen LogP contribution in [-0.4, -0.2) is 13.2 Å². The number of hydrogen-bond acceptors (Lipinski definition) is 4. The van der Waals surface area contributed by atoms with E-state index in [1.54, 1.807) is 13.8 Å². The first kappa shape index (κ1) is 15.9. The molecule has 1 rings (SSSR count). The van der Waals surface area contributed by atoms with Gasteiger partial charge in [0.15, 0.2) is 0 Å². The van der Waals surface area contributed by atoms with E-state index in [9.17, 15) is 4.57 Å². The van der Waals surface area contributed by atoms with Crippen molar-refractivity contribution in [1.29, 1.82) is 0 Å². The Balaban J connectivity index is 2.63. The first-order valence-electron chi connectivity index (χ1n) is 5.81. The summed E-state index contributed by atoms with van der Waals surface area (Å²) in [6, 6.07) is 7.83. The fourth-order valence-electron chi connectivity index (χ4n) is 1.38. The third-order valence-corrected chi connectivity index (χ3v) is 4.35. The second-order valence-electron chi connectivity index (χ2n) is 3.51. The Morgan fingerprint density at radius 1 is 1.11 bits per heavy atom. The Hall–Kier alpha value is -0.190. The average Bonchev–Trinajstić information content (AvgIpc) is 2.37. The highest BCUT2D eigenvalue weighted by molar-refractivity contribution is 9.08. The standard InChI is InChI=1S/C12H18BrO4P/c1-3-15-18(14,16-4-2)17-10-12-7-5-6-11(8-12)9-13/h5-8H,3-4,9-10H2,1-2H3. The first-order valence-corrected chi connectivity index (χ1v) is 8.39. The lowest BCUT2D eigenvalue weighted by molar-refractivity contribution is 0.116. The van der Waals surface area contributed by atoms with Crippen molar-refractivity contribution in [3.05, 3.63) is 35.4 Å². The Morgan fingerprint density at radius 3 is 2.28 bits per heavy atom. The van der Waals surface area contributed by atoms with Gasteiger partial charge in [-0.2, -0.15) is 0 Å². The zero-order chi connectivity index (χ0) is 13.4. The summed E-state index contributed by atoms with van der Waals surface area (Å²) >= 11 is 3.39. The molecule has 18 heavy (non-hydrogen) atoms. The number of rotatable bonds is 8. The molecule has 0 aromatic heterocycles. The van der Waals surface area contributed by atoms with Crippen LogP contribution in [0.2, 0.25) is 0 Å². The number of halogens is 1. The molecule has 1 aromatic rings. The predicted octanol–water partition coefficient (Wildman–Crippen LogP) is 4.28. The monoisotopic (exact) mass is 336 g/mol. The highest BCUT2D eigenvalue weighted by Crippen LogP contribution is 2.49. The van der Waals surface area contributed by atoms with E-state index in [0.29, 0.717) is 13.2 Å². The van der Waals surface area contributed by atoms with E-state index in [-0.39, 0.29) is 6.61 Å². The molecule has 0 amide bonds. The summed E-state index contributed by atoms with van der Waals surface area (Å²) in [6.45, 7) is 4.29. The Labute approximate surface area is 116 Å². The van der Waals surface area contributed by atoms with Crippen LogP contribution < -0.4 is 0 Å². The Morgan fingerprint density at radius 2 is 1.72 bits per heavy atom. The van der Waals surface area contributed by atoms with E-state index < -0.39 is 7.82 Å². The lowest BCUT2D eigenvalue weighted by atomic mass is 10.1. The van der Waals surface area contributed by atoms with Gasteiger partial charge in [0.25, 0.3) is 0 Å².